The smallest absolute Gasteiger partial charge is 0.227 e. The Balaban J connectivity index is 1.20. The molecule has 168 valence electrons. The Labute approximate surface area is 191 Å². The Hall–Kier alpha value is -2.87. The van der Waals surface area contributed by atoms with Gasteiger partial charge in [0.05, 0.1) is 23.2 Å². The minimum absolute atomic E-state index is 0.0139. The maximum atomic E-state index is 13.5. The molecule has 3 aromatic rings. The summed E-state index contributed by atoms with van der Waals surface area (Å²) in [4.78, 5) is 24.5. The number of piperazine rings is 1. The molecule has 1 atom stereocenters. The molecule has 0 aliphatic carbocycles. The molecule has 2 aromatic carbocycles. The Morgan fingerprint density at radius 2 is 1.84 bits per heavy atom. The number of ether oxygens (including phenoxy) is 1. The maximum Gasteiger partial charge on any atom is 0.227 e. The van der Waals surface area contributed by atoms with E-state index in [4.69, 9.17) is 4.74 Å². The number of methoxy groups -OCH3 is 1. The van der Waals surface area contributed by atoms with Crippen molar-refractivity contribution >= 4 is 38.3 Å². The number of benzene rings is 2. The van der Waals surface area contributed by atoms with Crippen LogP contribution in [0.5, 0.6) is 5.75 Å². The van der Waals surface area contributed by atoms with Gasteiger partial charge in [-0.1, -0.05) is 11.3 Å². The van der Waals surface area contributed by atoms with Gasteiger partial charge in [0.15, 0.2) is 5.13 Å². The first-order chi connectivity index (χ1) is 15.6. The molecule has 1 amide bonds. The van der Waals surface area contributed by atoms with E-state index in [1.165, 1.54) is 23.5 Å². The molecule has 6 nitrogen and oxygen atoms in total. The molecule has 1 unspecified atom stereocenters. The zero-order chi connectivity index (χ0) is 22.1. The van der Waals surface area contributed by atoms with Gasteiger partial charge >= 0.3 is 0 Å². The van der Waals surface area contributed by atoms with Crippen LogP contribution >= 0.6 is 11.3 Å². The van der Waals surface area contributed by atoms with E-state index in [-0.39, 0.29) is 17.6 Å². The lowest BCUT2D eigenvalue weighted by Crippen LogP contribution is -2.52. The number of aromatic nitrogens is 1. The van der Waals surface area contributed by atoms with Crippen LogP contribution in [-0.2, 0) is 4.79 Å². The summed E-state index contributed by atoms with van der Waals surface area (Å²) in [7, 11) is 1.67. The first kappa shape index (κ1) is 21.0. The van der Waals surface area contributed by atoms with E-state index in [0.29, 0.717) is 6.54 Å². The highest BCUT2D eigenvalue weighted by molar-refractivity contribution is 7.22. The normalized spacial score (nSPS) is 19.4. The number of anilines is 2. The summed E-state index contributed by atoms with van der Waals surface area (Å²) >= 11 is 1.50. The first-order valence-corrected chi connectivity index (χ1v) is 11.9. The van der Waals surface area contributed by atoms with Crippen LogP contribution in [0.15, 0.2) is 42.5 Å². The van der Waals surface area contributed by atoms with E-state index < -0.39 is 0 Å². The zero-order valence-corrected chi connectivity index (χ0v) is 19.0. The molecule has 2 aliphatic rings. The summed E-state index contributed by atoms with van der Waals surface area (Å²) in [5.74, 6) is 0.840. The molecule has 0 spiro atoms. The van der Waals surface area contributed by atoms with Crippen molar-refractivity contribution < 1.29 is 13.9 Å². The average Bonchev–Trinajstić information content (AvgIpc) is 3.27. The van der Waals surface area contributed by atoms with Crippen LogP contribution in [0.4, 0.5) is 15.2 Å². The number of nitrogens with zero attached hydrogens (tertiary/aromatic N) is 4. The van der Waals surface area contributed by atoms with Crippen molar-refractivity contribution in [2.24, 2.45) is 5.92 Å². The number of piperidine rings is 1. The molecule has 3 heterocycles. The first-order valence-electron chi connectivity index (χ1n) is 11.1. The molecule has 0 radical (unpaired) electrons. The number of halogens is 1. The van der Waals surface area contributed by atoms with Crippen LogP contribution in [0.3, 0.4) is 0 Å². The van der Waals surface area contributed by atoms with Gasteiger partial charge in [-0.15, -0.1) is 0 Å². The molecule has 2 aliphatic heterocycles. The molecular formula is C24H27FN4O2S. The summed E-state index contributed by atoms with van der Waals surface area (Å²) < 4.78 is 19.6. The zero-order valence-electron chi connectivity index (χ0n) is 18.2. The van der Waals surface area contributed by atoms with E-state index in [1.54, 1.807) is 13.2 Å². The lowest BCUT2D eigenvalue weighted by molar-refractivity contribution is -0.136. The lowest BCUT2D eigenvalue weighted by atomic mass is 9.96. The Bertz CT molecular complexity index is 1100. The third-order valence-electron chi connectivity index (χ3n) is 6.41. The minimum Gasteiger partial charge on any atom is -0.497 e. The fourth-order valence-electron chi connectivity index (χ4n) is 4.61. The summed E-state index contributed by atoms with van der Waals surface area (Å²) in [6, 6.07) is 12.8. The van der Waals surface area contributed by atoms with Gasteiger partial charge in [0.25, 0.3) is 0 Å². The van der Waals surface area contributed by atoms with Gasteiger partial charge in [0.2, 0.25) is 5.91 Å². The molecule has 2 saturated heterocycles. The third-order valence-corrected chi connectivity index (χ3v) is 7.49. The topological polar surface area (TPSA) is 48.9 Å². The number of rotatable bonds is 4. The summed E-state index contributed by atoms with van der Waals surface area (Å²) in [5.41, 5.74) is 1.98. The van der Waals surface area contributed by atoms with E-state index in [0.717, 1.165) is 72.4 Å². The number of fused-ring (bicyclic) bond motifs is 1. The van der Waals surface area contributed by atoms with Crippen LogP contribution in [-0.4, -0.2) is 62.2 Å². The minimum atomic E-state index is -0.242. The lowest BCUT2D eigenvalue weighted by Gasteiger charge is -2.39. The second kappa shape index (κ2) is 8.94. The number of hydrogen-bond donors (Lipinski definition) is 0. The van der Waals surface area contributed by atoms with Crippen molar-refractivity contribution in [2.45, 2.75) is 12.8 Å². The molecule has 0 saturated carbocycles. The number of thiazole rings is 1. The quantitative estimate of drug-likeness (QED) is 0.596. The van der Waals surface area contributed by atoms with Crippen molar-refractivity contribution in [2.75, 3.05) is 56.2 Å². The van der Waals surface area contributed by atoms with Gasteiger partial charge in [0.1, 0.15) is 11.6 Å². The predicted octanol–water partition coefficient (Wildman–Crippen LogP) is 4.01. The van der Waals surface area contributed by atoms with Gasteiger partial charge in [-0.05, 0) is 55.3 Å². The molecule has 0 bridgehead atoms. The Morgan fingerprint density at radius 1 is 1.06 bits per heavy atom. The van der Waals surface area contributed by atoms with Gasteiger partial charge < -0.3 is 19.4 Å². The molecule has 0 N–H and O–H groups in total. The average molecular weight is 455 g/mol. The van der Waals surface area contributed by atoms with Gasteiger partial charge in [-0.2, -0.15) is 0 Å². The monoisotopic (exact) mass is 454 g/mol. The number of hydrogen-bond acceptors (Lipinski definition) is 6. The third kappa shape index (κ3) is 4.24. The van der Waals surface area contributed by atoms with Crippen molar-refractivity contribution in [3.05, 3.63) is 48.3 Å². The van der Waals surface area contributed by atoms with Crippen LogP contribution in [0, 0.1) is 11.7 Å². The highest BCUT2D eigenvalue weighted by atomic mass is 32.1. The number of carbonyl (C=O) groups excluding carboxylic acids is 1. The second-order valence-corrected chi connectivity index (χ2v) is 9.41. The highest BCUT2D eigenvalue weighted by Gasteiger charge is 2.32. The maximum absolute atomic E-state index is 13.5. The van der Waals surface area contributed by atoms with E-state index in [2.05, 4.69) is 26.9 Å². The van der Waals surface area contributed by atoms with Crippen molar-refractivity contribution in [3.63, 3.8) is 0 Å². The van der Waals surface area contributed by atoms with Gasteiger partial charge in [-0.3, -0.25) is 4.79 Å². The van der Waals surface area contributed by atoms with Crippen LogP contribution < -0.4 is 14.5 Å². The van der Waals surface area contributed by atoms with Crippen LogP contribution in [0.2, 0.25) is 0 Å². The fraction of sp³-hybridized carbons (Fsp3) is 0.417. The number of amides is 1. The van der Waals surface area contributed by atoms with E-state index >= 15 is 0 Å². The predicted molar refractivity (Wildman–Crippen MR) is 126 cm³/mol. The van der Waals surface area contributed by atoms with Gasteiger partial charge in [-0.25, -0.2) is 9.37 Å². The molecule has 32 heavy (non-hydrogen) atoms. The standard InChI is InChI=1S/C24H27FN4O2S/c1-31-20-7-5-19(6-8-20)27-11-13-28(14-12-27)23(30)17-3-2-10-29(16-17)24-26-21-9-4-18(25)15-22(21)32-24/h4-9,15,17H,2-3,10-14,16H2,1H3. The Kier molecular flexibility index (Phi) is 5.87. The van der Waals surface area contributed by atoms with E-state index in [9.17, 15) is 9.18 Å². The fourth-order valence-corrected chi connectivity index (χ4v) is 5.64. The summed E-state index contributed by atoms with van der Waals surface area (Å²) in [6.45, 7) is 4.70. The van der Waals surface area contributed by atoms with Gasteiger partial charge in [0, 0.05) is 45.0 Å². The van der Waals surface area contributed by atoms with Crippen molar-refractivity contribution in [3.8, 4) is 5.75 Å². The summed E-state index contributed by atoms with van der Waals surface area (Å²) in [5, 5.41) is 0.882. The van der Waals surface area contributed by atoms with Crippen LogP contribution in [0.25, 0.3) is 10.2 Å². The highest BCUT2D eigenvalue weighted by Crippen LogP contribution is 2.32. The van der Waals surface area contributed by atoms with Crippen molar-refractivity contribution in [1.29, 1.82) is 0 Å². The van der Waals surface area contributed by atoms with Crippen molar-refractivity contribution in [1.82, 2.24) is 9.88 Å². The molecular weight excluding hydrogens is 427 g/mol. The molecule has 1 aromatic heterocycles. The molecule has 2 fully saturated rings. The Morgan fingerprint density at radius 3 is 2.59 bits per heavy atom. The second-order valence-electron chi connectivity index (χ2n) is 8.40. The summed E-state index contributed by atoms with van der Waals surface area (Å²) in [6.07, 6.45) is 1.88. The number of carbonyl (C=O) groups is 1. The molecule has 5 rings (SSSR count). The van der Waals surface area contributed by atoms with Crippen LogP contribution in [0.1, 0.15) is 12.8 Å². The molecule has 8 heteroatoms. The SMILES string of the molecule is COc1ccc(N2CCN(C(=O)C3CCCN(c4nc5ccc(F)cc5s4)C3)CC2)cc1. The van der Waals surface area contributed by atoms with E-state index in [1.807, 2.05) is 17.0 Å². The largest absolute Gasteiger partial charge is 0.497 e.